The predicted octanol–water partition coefficient (Wildman–Crippen LogP) is 17.1. The molecule has 11 aromatic carbocycles. The molecule has 0 radical (unpaired) electrons. The van der Waals surface area contributed by atoms with Crippen LogP contribution in [-0.2, 0) is 5.41 Å². The van der Waals surface area contributed by atoms with Crippen molar-refractivity contribution in [2.75, 3.05) is 0 Å². The highest BCUT2D eigenvalue weighted by Gasteiger charge is 2.35. The van der Waals surface area contributed by atoms with Gasteiger partial charge in [0.15, 0.2) is 0 Å². The summed E-state index contributed by atoms with van der Waals surface area (Å²) in [6, 6.07) is 73.0. The molecule has 0 unspecified atom stereocenters. The minimum atomic E-state index is 0.00194. The van der Waals surface area contributed by atoms with E-state index in [0.29, 0.717) is 0 Å². The SMILES string of the molecule is CC1(C)c2ccccc2-c2cc3c(cc21)sc1c2ccc(-c4ccc5cc(-c6c7ccccc7c(-c7ccc8ccccc8c7)c7ccccc67)ccc5c4)cc2ccc31. The number of thiophene rings is 1. The summed E-state index contributed by atoms with van der Waals surface area (Å²) in [4.78, 5) is 0. The standard InChI is InChI=1S/C59H38S/c1-59(2)53-18-10-9-13-45(53)51-33-52-50-28-26-41-30-40(25-27-44(41)58(50)60-55(52)34-54(51)59)37-20-21-39-32-43(24-22-38(39)29-37)57-48-16-7-5-14-46(48)56(47-15-6-8-17-49(47)57)42-23-19-35-11-3-4-12-36(35)31-42/h3-34H,1-2H3. The lowest BCUT2D eigenvalue weighted by molar-refractivity contribution is 0.661. The van der Waals surface area contributed by atoms with Gasteiger partial charge in [0.25, 0.3) is 0 Å². The lowest BCUT2D eigenvalue weighted by Crippen LogP contribution is -2.14. The van der Waals surface area contributed by atoms with Gasteiger partial charge in [-0.25, -0.2) is 0 Å². The highest BCUT2D eigenvalue weighted by Crippen LogP contribution is 2.52. The summed E-state index contributed by atoms with van der Waals surface area (Å²) in [5, 5.41) is 15.4. The fourth-order valence-corrected chi connectivity index (χ4v) is 11.9. The van der Waals surface area contributed by atoms with Crippen LogP contribution in [0.1, 0.15) is 25.0 Å². The lowest BCUT2D eigenvalue weighted by Gasteiger charge is -2.21. The first kappa shape index (κ1) is 33.9. The van der Waals surface area contributed by atoms with Crippen molar-refractivity contribution in [3.8, 4) is 44.5 Å². The van der Waals surface area contributed by atoms with Gasteiger partial charge in [-0.2, -0.15) is 0 Å². The first-order valence-electron chi connectivity index (χ1n) is 21.0. The van der Waals surface area contributed by atoms with Crippen LogP contribution < -0.4 is 0 Å². The summed E-state index contributed by atoms with van der Waals surface area (Å²) in [5.41, 5.74) is 13.2. The highest BCUT2D eigenvalue weighted by atomic mass is 32.1. The van der Waals surface area contributed by atoms with E-state index in [-0.39, 0.29) is 5.41 Å². The minimum absolute atomic E-state index is 0.00194. The molecular weight excluding hydrogens is 741 g/mol. The molecule has 1 heterocycles. The summed E-state index contributed by atoms with van der Waals surface area (Å²) in [7, 11) is 0. The first-order chi connectivity index (χ1) is 29.5. The Morgan fingerprint density at radius 3 is 1.48 bits per heavy atom. The van der Waals surface area contributed by atoms with E-state index in [2.05, 4.69) is 208 Å². The number of hydrogen-bond donors (Lipinski definition) is 0. The van der Waals surface area contributed by atoms with Crippen molar-refractivity contribution in [3.63, 3.8) is 0 Å². The van der Waals surface area contributed by atoms with Gasteiger partial charge in [-0.3, -0.25) is 0 Å². The molecule has 60 heavy (non-hydrogen) atoms. The van der Waals surface area contributed by atoms with Crippen LogP contribution >= 0.6 is 11.3 Å². The highest BCUT2D eigenvalue weighted by molar-refractivity contribution is 7.26. The molecule has 13 rings (SSSR count). The van der Waals surface area contributed by atoms with E-state index >= 15 is 0 Å². The Morgan fingerprint density at radius 2 is 0.800 bits per heavy atom. The molecule has 280 valence electrons. The number of rotatable bonds is 3. The Balaban J connectivity index is 0.898. The zero-order valence-electron chi connectivity index (χ0n) is 33.4. The van der Waals surface area contributed by atoms with E-state index in [9.17, 15) is 0 Å². The van der Waals surface area contributed by atoms with Gasteiger partial charge < -0.3 is 0 Å². The zero-order valence-corrected chi connectivity index (χ0v) is 34.2. The van der Waals surface area contributed by atoms with Crippen LogP contribution in [0.25, 0.3) is 119 Å². The second kappa shape index (κ2) is 12.5. The molecule has 0 spiro atoms. The molecule has 1 aliphatic carbocycles. The van der Waals surface area contributed by atoms with Crippen LogP contribution in [0.5, 0.6) is 0 Å². The molecule has 0 bridgehead atoms. The quantitative estimate of drug-likeness (QED) is 0.157. The first-order valence-corrected chi connectivity index (χ1v) is 21.8. The second-order valence-corrected chi connectivity index (χ2v) is 18.3. The Hall–Kier alpha value is -7.06. The minimum Gasteiger partial charge on any atom is -0.135 e. The fraction of sp³-hybridized carbons (Fsp3) is 0.0508. The average Bonchev–Trinajstić information content (AvgIpc) is 3.77. The van der Waals surface area contributed by atoms with Gasteiger partial charge in [0.1, 0.15) is 0 Å². The van der Waals surface area contributed by atoms with Crippen molar-refractivity contribution in [1.29, 1.82) is 0 Å². The lowest BCUT2D eigenvalue weighted by atomic mass is 9.82. The third-order valence-electron chi connectivity index (χ3n) is 13.6. The maximum absolute atomic E-state index is 2.47. The van der Waals surface area contributed by atoms with E-state index in [1.54, 1.807) is 0 Å². The Kier molecular flexibility index (Phi) is 7.04. The Morgan fingerprint density at radius 1 is 0.317 bits per heavy atom. The van der Waals surface area contributed by atoms with Crippen molar-refractivity contribution in [2.45, 2.75) is 19.3 Å². The molecule has 12 aromatic rings. The fourth-order valence-electron chi connectivity index (χ4n) is 10.6. The molecule has 0 amide bonds. The summed E-state index contributed by atoms with van der Waals surface area (Å²) in [5.74, 6) is 0. The smallest absolute Gasteiger partial charge is 0.0433 e. The monoisotopic (exact) mass is 778 g/mol. The van der Waals surface area contributed by atoms with E-state index in [0.717, 1.165) is 0 Å². The summed E-state index contributed by atoms with van der Waals surface area (Å²) >= 11 is 1.94. The van der Waals surface area contributed by atoms with Crippen molar-refractivity contribution in [2.24, 2.45) is 0 Å². The third-order valence-corrected chi connectivity index (χ3v) is 14.8. The molecule has 0 atom stereocenters. The maximum Gasteiger partial charge on any atom is 0.0433 e. The van der Waals surface area contributed by atoms with Crippen molar-refractivity contribution >= 4 is 85.4 Å². The van der Waals surface area contributed by atoms with Crippen molar-refractivity contribution in [3.05, 3.63) is 205 Å². The molecule has 1 aliphatic rings. The van der Waals surface area contributed by atoms with Crippen LogP contribution in [-0.4, -0.2) is 0 Å². The van der Waals surface area contributed by atoms with E-state index in [4.69, 9.17) is 0 Å². The topological polar surface area (TPSA) is 0 Å². The van der Waals surface area contributed by atoms with Gasteiger partial charge in [-0.15, -0.1) is 11.3 Å². The molecule has 1 heteroatoms. The molecule has 0 N–H and O–H groups in total. The van der Waals surface area contributed by atoms with Crippen molar-refractivity contribution in [1.82, 2.24) is 0 Å². The second-order valence-electron chi connectivity index (χ2n) is 17.2. The van der Waals surface area contributed by atoms with Gasteiger partial charge in [0.05, 0.1) is 0 Å². The third kappa shape index (κ3) is 4.84. The summed E-state index contributed by atoms with van der Waals surface area (Å²) < 4.78 is 2.75. The number of hydrogen-bond acceptors (Lipinski definition) is 1. The van der Waals surface area contributed by atoms with Crippen LogP contribution in [0.4, 0.5) is 0 Å². The van der Waals surface area contributed by atoms with Gasteiger partial charge >= 0.3 is 0 Å². The van der Waals surface area contributed by atoms with Gasteiger partial charge in [-0.05, 0) is 146 Å². The van der Waals surface area contributed by atoms with Crippen LogP contribution in [0, 0.1) is 0 Å². The molecule has 0 saturated heterocycles. The number of benzene rings is 11. The predicted molar refractivity (Wildman–Crippen MR) is 261 cm³/mol. The van der Waals surface area contributed by atoms with E-state index in [1.807, 2.05) is 11.3 Å². The van der Waals surface area contributed by atoms with Crippen LogP contribution in [0.2, 0.25) is 0 Å². The average molecular weight is 779 g/mol. The maximum atomic E-state index is 2.47. The Labute approximate surface area is 352 Å². The molecule has 0 nitrogen and oxygen atoms in total. The summed E-state index contributed by atoms with van der Waals surface area (Å²) in [6.07, 6.45) is 0. The van der Waals surface area contributed by atoms with Crippen LogP contribution in [0.3, 0.4) is 0 Å². The van der Waals surface area contributed by atoms with Crippen molar-refractivity contribution < 1.29 is 0 Å². The van der Waals surface area contributed by atoms with Gasteiger partial charge in [0, 0.05) is 25.6 Å². The molecule has 0 saturated carbocycles. The normalized spacial score (nSPS) is 13.3. The molecule has 0 fully saturated rings. The van der Waals surface area contributed by atoms with E-state index < -0.39 is 0 Å². The van der Waals surface area contributed by atoms with E-state index in [1.165, 1.54) is 130 Å². The summed E-state index contributed by atoms with van der Waals surface area (Å²) in [6.45, 7) is 4.74. The largest absolute Gasteiger partial charge is 0.135 e. The zero-order chi connectivity index (χ0) is 39.7. The van der Waals surface area contributed by atoms with Crippen LogP contribution in [0.15, 0.2) is 194 Å². The van der Waals surface area contributed by atoms with Gasteiger partial charge in [0.2, 0.25) is 0 Å². The number of fused-ring (bicyclic) bond motifs is 12. The molecule has 0 aliphatic heterocycles. The Bertz CT molecular complexity index is 3750. The molecular formula is C59H38S. The van der Waals surface area contributed by atoms with Gasteiger partial charge in [-0.1, -0.05) is 172 Å². The molecule has 1 aromatic heterocycles.